The molecule has 0 aliphatic heterocycles. The number of hydrogen-bond acceptors (Lipinski definition) is 2. The number of hydrogen-bond donors (Lipinski definition) is 0. The summed E-state index contributed by atoms with van der Waals surface area (Å²) in [5, 5.41) is 8.65. The average Bonchev–Trinajstić information content (AvgIpc) is 2.08. The molecular weight excluding hydrogens is 160 g/mol. The maximum Gasteiger partial charge on any atom is 0.0991 e. The number of aliphatic imine (C=N–C) groups is 1. The molecule has 0 aromatic heterocycles. The lowest BCUT2D eigenvalue weighted by molar-refractivity contribution is 1.36. The first-order chi connectivity index (χ1) is 6.13. The van der Waals surface area contributed by atoms with Gasteiger partial charge in [0.15, 0.2) is 0 Å². The first-order valence-electron chi connectivity index (χ1n) is 4.16. The van der Waals surface area contributed by atoms with Crippen LogP contribution in [0.3, 0.4) is 0 Å². The highest BCUT2D eigenvalue weighted by atomic mass is 14.7. The van der Waals surface area contributed by atoms with Crippen LogP contribution in [0.15, 0.2) is 23.2 Å². The summed E-state index contributed by atoms with van der Waals surface area (Å²) in [6, 6.07) is 7.61. The third kappa shape index (κ3) is 2.41. The Labute approximate surface area is 78.5 Å². The van der Waals surface area contributed by atoms with Crippen LogP contribution >= 0.6 is 0 Å². The van der Waals surface area contributed by atoms with Gasteiger partial charge in [-0.25, -0.2) is 0 Å². The van der Waals surface area contributed by atoms with Gasteiger partial charge >= 0.3 is 0 Å². The van der Waals surface area contributed by atoms with E-state index in [4.69, 9.17) is 5.26 Å². The van der Waals surface area contributed by atoms with Gasteiger partial charge in [0.2, 0.25) is 0 Å². The molecular formula is C11H12N2. The third-order valence-electron chi connectivity index (χ3n) is 1.67. The van der Waals surface area contributed by atoms with Crippen LogP contribution in [0.5, 0.6) is 0 Å². The Morgan fingerprint density at radius 1 is 1.38 bits per heavy atom. The summed E-state index contributed by atoms with van der Waals surface area (Å²) in [5.74, 6) is 0. The number of benzene rings is 1. The summed E-state index contributed by atoms with van der Waals surface area (Å²) in [7, 11) is 0. The minimum atomic E-state index is 0.685. The first kappa shape index (κ1) is 9.47. The molecule has 0 radical (unpaired) electrons. The van der Waals surface area contributed by atoms with Crippen molar-refractivity contribution in [2.45, 2.75) is 20.8 Å². The van der Waals surface area contributed by atoms with Gasteiger partial charge in [0, 0.05) is 5.71 Å². The predicted molar refractivity (Wildman–Crippen MR) is 54.3 cm³/mol. The number of rotatable bonds is 1. The van der Waals surface area contributed by atoms with E-state index in [0.717, 1.165) is 17.0 Å². The van der Waals surface area contributed by atoms with Gasteiger partial charge in [0.05, 0.1) is 17.3 Å². The van der Waals surface area contributed by atoms with E-state index < -0.39 is 0 Å². The molecule has 0 amide bonds. The summed E-state index contributed by atoms with van der Waals surface area (Å²) in [5.41, 5.74) is 3.69. The SMILES string of the molecule is CC(C)=Nc1ccc(C#N)cc1C. The molecule has 1 aromatic carbocycles. The van der Waals surface area contributed by atoms with Crippen molar-refractivity contribution in [3.05, 3.63) is 29.3 Å². The van der Waals surface area contributed by atoms with E-state index in [2.05, 4.69) is 11.1 Å². The third-order valence-corrected chi connectivity index (χ3v) is 1.67. The van der Waals surface area contributed by atoms with E-state index in [1.54, 1.807) is 6.07 Å². The van der Waals surface area contributed by atoms with Crippen LogP contribution in [-0.2, 0) is 0 Å². The van der Waals surface area contributed by atoms with Gasteiger partial charge < -0.3 is 0 Å². The summed E-state index contributed by atoms with van der Waals surface area (Å²) < 4.78 is 0. The van der Waals surface area contributed by atoms with Crippen molar-refractivity contribution in [3.63, 3.8) is 0 Å². The summed E-state index contributed by atoms with van der Waals surface area (Å²) in [6.07, 6.45) is 0. The van der Waals surface area contributed by atoms with E-state index in [9.17, 15) is 0 Å². The molecule has 0 atom stereocenters. The minimum absolute atomic E-state index is 0.685. The second-order valence-corrected chi connectivity index (χ2v) is 3.17. The standard InChI is InChI=1S/C11H12N2/c1-8(2)13-11-5-4-10(7-12)6-9(11)3/h4-6H,1-3H3. The van der Waals surface area contributed by atoms with Crippen LogP contribution in [0.1, 0.15) is 25.0 Å². The van der Waals surface area contributed by atoms with Crippen LogP contribution in [0.4, 0.5) is 5.69 Å². The van der Waals surface area contributed by atoms with Crippen molar-refractivity contribution < 1.29 is 0 Å². The highest BCUT2D eigenvalue weighted by Crippen LogP contribution is 2.19. The summed E-state index contributed by atoms with van der Waals surface area (Å²) >= 11 is 0. The molecule has 66 valence electrons. The highest BCUT2D eigenvalue weighted by Gasteiger charge is 1.97. The zero-order chi connectivity index (χ0) is 9.84. The number of nitrogens with zero attached hydrogens (tertiary/aromatic N) is 2. The molecule has 2 nitrogen and oxygen atoms in total. The van der Waals surface area contributed by atoms with E-state index in [0.29, 0.717) is 5.56 Å². The Bertz CT molecular complexity index is 380. The van der Waals surface area contributed by atoms with Gasteiger partial charge in [0.1, 0.15) is 0 Å². The molecule has 2 heteroatoms. The molecule has 0 unspecified atom stereocenters. The predicted octanol–water partition coefficient (Wildman–Crippen LogP) is 2.98. The largest absolute Gasteiger partial charge is 0.258 e. The summed E-state index contributed by atoms with van der Waals surface area (Å²) in [4.78, 5) is 4.34. The van der Waals surface area contributed by atoms with Gasteiger partial charge in [-0.2, -0.15) is 5.26 Å². The second-order valence-electron chi connectivity index (χ2n) is 3.17. The topological polar surface area (TPSA) is 36.1 Å². The fourth-order valence-corrected chi connectivity index (χ4v) is 1.09. The van der Waals surface area contributed by atoms with Crippen LogP contribution in [0.2, 0.25) is 0 Å². The molecule has 0 saturated carbocycles. The van der Waals surface area contributed by atoms with E-state index in [1.165, 1.54) is 0 Å². The molecule has 0 aliphatic rings. The first-order valence-corrected chi connectivity index (χ1v) is 4.16. The van der Waals surface area contributed by atoms with Gasteiger partial charge in [-0.1, -0.05) is 0 Å². The monoisotopic (exact) mass is 172 g/mol. The lowest BCUT2D eigenvalue weighted by Crippen LogP contribution is -1.82. The molecule has 0 heterocycles. The molecule has 1 aromatic rings. The molecule has 0 bridgehead atoms. The molecule has 0 fully saturated rings. The number of nitriles is 1. The van der Waals surface area contributed by atoms with Crippen LogP contribution in [0, 0.1) is 18.3 Å². The average molecular weight is 172 g/mol. The van der Waals surface area contributed by atoms with E-state index >= 15 is 0 Å². The Hall–Kier alpha value is -1.62. The van der Waals surface area contributed by atoms with Gasteiger partial charge in [0.25, 0.3) is 0 Å². The maximum atomic E-state index is 8.65. The maximum absolute atomic E-state index is 8.65. The molecule has 0 aliphatic carbocycles. The smallest absolute Gasteiger partial charge is 0.0991 e. The van der Waals surface area contributed by atoms with Crippen LogP contribution in [0.25, 0.3) is 0 Å². The Balaban J connectivity index is 3.15. The Morgan fingerprint density at radius 2 is 2.08 bits per heavy atom. The quantitative estimate of drug-likeness (QED) is 0.600. The second kappa shape index (κ2) is 3.86. The zero-order valence-corrected chi connectivity index (χ0v) is 8.13. The van der Waals surface area contributed by atoms with Crippen LogP contribution < -0.4 is 0 Å². The van der Waals surface area contributed by atoms with Crippen molar-refractivity contribution in [3.8, 4) is 6.07 Å². The fraction of sp³-hybridized carbons (Fsp3) is 0.273. The van der Waals surface area contributed by atoms with Crippen molar-refractivity contribution in [2.24, 2.45) is 4.99 Å². The molecule has 0 spiro atoms. The Morgan fingerprint density at radius 3 is 2.54 bits per heavy atom. The van der Waals surface area contributed by atoms with Crippen molar-refractivity contribution in [2.75, 3.05) is 0 Å². The summed E-state index contributed by atoms with van der Waals surface area (Å²) in [6.45, 7) is 5.87. The lowest BCUT2D eigenvalue weighted by Gasteiger charge is -2.00. The lowest BCUT2D eigenvalue weighted by atomic mass is 10.1. The normalized spacial score (nSPS) is 9.08. The molecule has 0 N–H and O–H groups in total. The minimum Gasteiger partial charge on any atom is -0.258 e. The van der Waals surface area contributed by atoms with Gasteiger partial charge in [-0.15, -0.1) is 0 Å². The fourth-order valence-electron chi connectivity index (χ4n) is 1.09. The van der Waals surface area contributed by atoms with Crippen LogP contribution in [-0.4, -0.2) is 5.71 Å². The van der Waals surface area contributed by atoms with Crippen molar-refractivity contribution >= 4 is 11.4 Å². The number of aryl methyl sites for hydroxylation is 1. The van der Waals surface area contributed by atoms with E-state index in [1.807, 2.05) is 32.9 Å². The van der Waals surface area contributed by atoms with Crippen molar-refractivity contribution in [1.29, 1.82) is 5.26 Å². The zero-order valence-electron chi connectivity index (χ0n) is 8.13. The van der Waals surface area contributed by atoms with Crippen molar-refractivity contribution in [1.82, 2.24) is 0 Å². The molecule has 0 saturated heterocycles. The highest BCUT2D eigenvalue weighted by molar-refractivity contribution is 5.82. The van der Waals surface area contributed by atoms with Gasteiger partial charge in [-0.05, 0) is 44.5 Å². The van der Waals surface area contributed by atoms with Gasteiger partial charge in [-0.3, -0.25) is 4.99 Å². The Kier molecular flexibility index (Phi) is 2.81. The van der Waals surface area contributed by atoms with E-state index in [-0.39, 0.29) is 0 Å². The molecule has 13 heavy (non-hydrogen) atoms. The molecule has 1 rings (SSSR count).